The fourth-order valence-corrected chi connectivity index (χ4v) is 3.07. The van der Waals surface area contributed by atoms with Crippen LogP contribution in [0.4, 0.5) is 0 Å². The highest BCUT2D eigenvalue weighted by Crippen LogP contribution is 2.34. The molecule has 0 aliphatic rings. The highest BCUT2D eigenvalue weighted by atomic mass is 32.1. The van der Waals surface area contributed by atoms with Gasteiger partial charge in [0.25, 0.3) is 0 Å². The summed E-state index contributed by atoms with van der Waals surface area (Å²) in [6.45, 7) is 9.65. The van der Waals surface area contributed by atoms with Crippen molar-refractivity contribution in [3.05, 3.63) is 45.6 Å². The maximum atomic E-state index is 5.71. The first kappa shape index (κ1) is 14.3. The summed E-state index contributed by atoms with van der Waals surface area (Å²) in [6.07, 6.45) is 0. The predicted molar refractivity (Wildman–Crippen MR) is 85.8 cm³/mol. The van der Waals surface area contributed by atoms with Crippen molar-refractivity contribution in [1.82, 2.24) is 0 Å². The number of rotatable bonds is 4. The van der Waals surface area contributed by atoms with Crippen molar-refractivity contribution >= 4 is 11.3 Å². The summed E-state index contributed by atoms with van der Waals surface area (Å²) < 4.78 is 0. The van der Waals surface area contributed by atoms with E-state index in [-0.39, 0.29) is 0 Å². The molecule has 102 valence electrons. The molecular weight excluding hydrogens is 250 g/mol. The molecule has 0 bridgehead atoms. The Morgan fingerprint density at radius 2 is 1.79 bits per heavy atom. The Labute approximate surface area is 120 Å². The number of hydrogen-bond donors (Lipinski definition) is 1. The van der Waals surface area contributed by atoms with Gasteiger partial charge in [0.15, 0.2) is 0 Å². The van der Waals surface area contributed by atoms with Crippen LogP contribution in [0, 0.1) is 0 Å². The van der Waals surface area contributed by atoms with Gasteiger partial charge >= 0.3 is 0 Å². The van der Waals surface area contributed by atoms with E-state index in [1.54, 1.807) is 11.3 Å². The molecular formula is C17H23NS. The topological polar surface area (TPSA) is 26.0 Å². The predicted octanol–water partition coefficient (Wildman–Crippen LogP) is 5.12. The van der Waals surface area contributed by atoms with Crippen LogP contribution in [-0.2, 0) is 6.54 Å². The van der Waals surface area contributed by atoms with Crippen molar-refractivity contribution in [3.63, 3.8) is 0 Å². The molecule has 0 unspecified atom stereocenters. The van der Waals surface area contributed by atoms with Crippen LogP contribution >= 0.6 is 11.3 Å². The molecule has 1 aromatic carbocycles. The molecule has 2 N–H and O–H groups in total. The Morgan fingerprint density at radius 3 is 2.32 bits per heavy atom. The summed E-state index contributed by atoms with van der Waals surface area (Å²) in [7, 11) is 0. The van der Waals surface area contributed by atoms with Crippen LogP contribution in [0.2, 0.25) is 0 Å². The molecule has 0 aliphatic heterocycles. The van der Waals surface area contributed by atoms with E-state index in [2.05, 4.69) is 57.3 Å². The molecule has 0 atom stereocenters. The zero-order chi connectivity index (χ0) is 14.0. The van der Waals surface area contributed by atoms with Gasteiger partial charge in [-0.05, 0) is 45.5 Å². The number of thiophene rings is 1. The van der Waals surface area contributed by atoms with Crippen LogP contribution in [0.1, 0.15) is 55.5 Å². The van der Waals surface area contributed by atoms with Crippen molar-refractivity contribution in [3.8, 4) is 11.1 Å². The van der Waals surface area contributed by atoms with Gasteiger partial charge in [0, 0.05) is 11.4 Å². The van der Waals surface area contributed by atoms with E-state index in [0.717, 1.165) is 0 Å². The van der Waals surface area contributed by atoms with Gasteiger partial charge in [-0.15, -0.1) is 11.3 Å². The second-order valence-electron chi connectivity index (χ2n) is 5.66. The molecule has 19 heavy (non-hydrogen) atoms. The lowest BCUT2D eigenvalue weighted by molar-refractivity contribution is 0.835. The highest BCUT2D eigenvalue weighted by Gasteiger charge is 2.12. The molecule has 2 heteroatoms. The first-order valence-corrected chi connectivity index (χ1v) is 7.82. The summed E-state index contributed by atoms with van der Waals surface area (Å²) >= 11 is 1.75. The summed E-state index contributed by atoms with van der Waals surface area (Å²) in [5.41, 5.74) is 11.2. The van der Waals surface area contributed by atoms with E-state index in [0.29, 0.717) is 18.4 Å². The zero-order valence-corrected chi connectivity index (χ0v) is 13.1. The molecule has 0 spiro atoms. The molecule has 1 nitrogen and oxygen atoms in total. The van der Waals surface area contributed by atoms with E-state index in [1.807, 2.05) is 0 Å². The number of hydrogen-bond acceptors (Lipinski definition) is 2. The molecule has 0 aliphatic carbocycles. The lowest BCUT2D eigenvalue weighted by Gasteiger charge is -2.15. The van der Waals surface area contributed by atoms with Crippen LogP contribution < -0.4 is 5.73 Å². The Balaban J connectivity index is 2.50. The van der Waals surface area contributed by atoms with Crippen molar-refractivity contribution in [1.29, 1.82) is 0 Å². The molecule has 2 rings (SSSR count). The third kappa shape index (κ3) is 3.07. The van der Waals surface area contributed by atoms with E-state index < -0.39 is 0 Å². The van der Waals surface area contributed by atoms with Crippen molar-refractivity contribution in [2.75, 3.05) is 0 Å². The average Bonchev–Trinajstić information content (AvgIpc) is 2.86. The van der Waals surface area contributed by atoms with E-state index in [1.165, 1.54) is 27.1 Å². The average molecular weight is 273 g/mol. The van der Waals surface area contributed by atoms with Gasteiger partial charge in [-0.2, -0.15) is 0 Å². The van der Waals surface area contributed by atoms with Crippen molar-refractivity contribution in [2.24, 2.45) is 5.73 Å². The van der Waals surface area contributed by atoms with Gasteiger partial charge in [-0.1, -0.05) is 45.9 Å². The standard InChI is InChI=1S/C17H23NS/c1-11(2)13-5-6-16(17(8-13)12(3)4)14-7-15(9-18)19-10-14/h5-8,10-12H,9,18H2,1-4H3. The van der Waals surface area contributed by atoms with Gasteiger partial charge < -0.3 is 5.73 Å². The summed E-state index contributed by atoms with van der Waals surface area (Å²) in [5, 5.41) is 2.22. The maximum absolute atomic E-state index is 5.71. The van der Waals surface area contributed by atoms with E-state index in [4.69, 9.17) is 5.73 Å². The number of nitrogens with two attached hydrogens (primary N) is 1. The number of benzene rings is 1. The summed E-state index contributed by atoms with van der Waals surface area (Å²) in [5.74, 6) is 1.11. The van der Waals surface area contributed by atoms with Gasteiger partial charge in [-0.3, -0.25) is 0 Å². The third-order valence-corrected chi connectivity index (χ3v) is 4.49. The fraction of sp³-hybridized carbons (Fsp3) is 0.412. The lowest BCUT2D eigenvalue weighted by Crippen LogP contribution is -1.96. The minimum Gasteiger partial charge on any atom is -0.326 e. The van der Waals surface area contributed by atoms with Crippen molar-refractivity contribution < 1.29 is 0 Å². The van der Waals surface area contributed by atoms with Crippen molar-refractivity contribution in [2.45, 2.75) is 46.1 Å². The smallest absolute Gasteiger partial charge is 0.0274 e. The fourth-order valence-electron chi connectivity index (χ4n) is 2.31. The highest BCUT2D eigenvalue weighted by molar-refractivity contribution is 7.10. The van der Waals surface area contributed by atoms with Crippen LogP contribution in [0.3, 0.4) is 0 Å². The Hall–Kier alpha value is -1.12. The molecule has 1 heterocycles. The summed E-state index contributed by atoms with van der Waals surface area (Å²) in [4.78, 5) is 1.25. The lowest BCUT2D eigenvalue weighted by atomic mass is 9.89. The molecule has 0 amide bonds. The first-order chi connectivity index (χ1) is 9.02. The first-order valence-electron chi connectivity index (χ1n) is 6.94. The van der Waals surface area contributed by atoms with Crippen LogP contribution in [-0.4, -0.2) is 0 Å². The molecule has 2 aromatic rings. The molecule has 1 aromatic heterocycles. The minimum absolute atomic E-state index is 0.537. The monoisotopic (exact) mass is 273 g/mol. The Bertz CT molecular complexity index is 552. The SMILES string of the molecule is CC(C)c1ccc(-c2csc(CN)c2)c(C(C)C)c1. The van der Waals surface area contributed by atoms with Crippen LogP contribution in [0.15, 0.2) is 29.6 Å². The molecule has 0 saturated heterocycles. The zero-order valence-electron chi connectivity index (χ0n) is 12.2. The molecule has 0 radical (unpaired) electrons. The quantitative estimate of drug-likeness (QED) is 0.822. The Morgan fingerprint density at radius 1 is 1.05 bits per heavy atom. The third-order valence-electron chi connectivity index (χ3n) is 3.53. The molecule has 0 fully saturated rings. The van der Waals surface area contributed by atoms with Crippen LogP contribution in [0.5, 0.6) is 0 Å². The van der Waals surface area contributed by atoms with Gasteiger partial charge in [0.1, 0.15) is 0 Å². The second kappa shape index (κ2) is 5.89. The maximum Gasteiger partial charge on any atom is 0.0274 e. The van der Waals surface area contributed by atoms with Gasteiger partial charge in [-0.25, -0.2) is 0 Å². The minimum atomic E-state index is 0.537. The normalized spacial score (nSPS) is 11.5. The van der Waals surface area contributed by atoms with Crippen LogP contribution in [0.25, 0.3) is 11.1 Å². The second-order valence-corrected chi connectivity index (χ2v) is 6.66. The van der Waals surface area contributed by atoms with Gasteiger partial charge in [0.2, 0.25) is 0 Å². The largest absolute Gasteiger partial charge is 0.326 e. The Kier molecular flexibility index (Phi) is 4.43. The van der Waals surface area contributed by atoms with E-state index >= 15 is 0 Å². The summed E-state index contributed by atoms with van der Waals surface area (Å²) in [6, 6.07) is 9.12. The van der Waals surface area contributed by atoms with E-state index in [9.17, 15) is 0 Å². The van der Waals surface area contributed by atoms with Gasteiger partial charge in [0.05, 0.1) is 0 Å². The molecule has 0 saturated carbocycles.